The molecule has 0 saturated heterocycles. The summed E-state index contributed by atoms with van der Waals surface area (Å²) in [6, 6.07) is 4.96. The van der Waals surface area contributed by atoms with Crippen molar-refractivity contribution in [2.75, 3.05) is 5.73 Å². The van der Waals surface area contributed by atoms with Crippen LogP contribution < -0.4 is 5.73 Å². The summed E-state index contributed by atoms with van der Waals surface area (Å²) in [6.07, 6.45) is 1.53. The largest absolute Gasteiger partial charge is 0.477 e. The molecule has 0 atom stereocenters. The fourth-order valence-electron chi connectivity index (χ4n) is 1.51. The summed E-state index contributed by atoms with van der Waals surface area (Å²) in [5, 5.41) is 12.8. The fraction of sp³-hybridized carbons (Fsp3) is 0.182. The Hall–Kier alpha value is -2.37. The van der Waals surface area contributed by atoms with Gasteiger partial charge in [0.05, 0.1) is 6.54 Å². The molecule has 0 aromatic carbocycles. The number of aromatic nitrogens is 3. The average Bonchev–Trinajstić information content (AvgIpc) is 2.58. The zero-order valence-electron chi connectivity index (χ0n) is 9.29. The number of rotatable bonds is 3. The standard InChI is InChI=1S/C11H12N4O2/c1-7-4-10(12)14-15(7)6-8-2-3-9(11(16)17)13-5-8/h2-5H,6H2,1H3,(H2,12,14)(H,16,17). The maximum absolute atomic E-state index is 10.6. The molecule has 0 aliphatic heterocycles. The Morgan fingerprint density at radius 2 is 2.29 bits per heavy atom. The predicted octanol–water partition coefficient (Wildman–Crippen LogP) is 0.915. The van der Waals surface area contributed by atoms with Crippen LogP contribution in [0.4, 0.5) is 5.82 Å². The minimum atomic E-state index is -1.03. The van der Waals surface area contributed by atoms with Crippen LogP contribution >= 0.6 is 0 Å². The van der Waals surface area contributed by atoms with Gasteiger partial charge in [-0.3, -0.25) is 4.68 Å². The van der Waals surface area contributed by atoms with Crippen molar-refractivity contribution in [3.8, 4) is 0 Å². The van der Waals surface area contributed by atoms with E-state index in [-0.39, 0.29) is 5.69 Å². The molecule has 0 aliphatic rings. The van der Waals surface area contributed by atoms with Crippen molar-refractivity contribution in [1.29, 1.82) is 0 Å². The molecule has 0 spiro atoms. The van der Waals surface area contributed by atoms with Crippen LogP contribution in [-0.4, -0.2) is 25.8 Å². The number of nitrogens with zero attached hydrogens (tertiary/aromatic N) is 3. The van der Waals surface area contributed by atoms with Crippen molar-refractivity contribution in [2.24, 2.45) is 0 Å². The van der Waals surface area contributed by atoms with E-state index < -0.39 is 5.97 Å². The molecule has 3 N–H and O–H groups in total. The number of aromatic carboxylic acids is 1. The number of anilines is 1. The third kappa shape index (κ3) is 2.41. The van der Waals surface area contributed by atoms with Crippen LogP contribution in [0.15, 0.2) is 24.4 Å². The molecule has 0 bridgehead atoms. The van der Waals surface area contributed by atoms with Gasteiger partial charge in [0.2, 0.25) is 0 Å². The van der Waals surface area contributed by atoms with Crippen molar-refractivity contribution >= 4 is 11.8 Å². The Kier molecular flexibility index (Phi) is 2.78. The van der Waals surface area contributed by atoms with E-state index in [1.807, 2.05) is 6.92 Å². The van der Waals surface area contributed by atoms with Crippen LogP contribution in [0.3, 0.4) is 0 Å². The topological polar surface area (TPSA) is 94.0 Å². The zero-order chi connectivity index (χ0) is 12.4. The monoisotopic (exact) mass is 232 g/mol. The number of hydrogen-bond acceptors (Lipinski definition) is 4. The van der Waals surface area contributed by atoms with Gasteiger partial charge in [-0.15, -0.1) is 0 Å². The number of carbonyl (C=O) groups is 1. The first-order chi connectivity index (χ1) is 8.06. The second-order valence-electron chi connectivity index (χ2n) is 3.73. The van der Waals surface area contributed by atoms with Crippen molar-refractivity contribution in [2.45, 2.75) is 13.5 Å². The van der Waals surface area contributed by atoms with E-state index >= 15 is 0 Å². The number of carboxylic acid groups (broad SMARTS) is 1. The highest BCUT2D eigenvalue weighted by Gasteiger charge is 2.05. The van der Waals surface area contributed by atoms with Crippen molar-refractivity contribution in [3.63, 3.8) is 0 Å². The van der Waals surface area contributed by atoms with E-state index in [4.69, 9.17) is 10.8 Å². The van der Waals surface area contributed by atoms with Gasteiger partial charge in [0.15, 0.2) is 0 Å². The van der Waals surface area contributed by atoms with E-state index in [9.17, 15) is 4.79 Å². The SMILES string of the molecule is Cc1cc(N)nn1Cc1ccc(C(=O)O)nc1. The number of nitrogen functional groups attached to an aromatic ring is 1. The molecule has 0 aliphatic carbocycles. The third-order valence-corrected chi connectivity index (χ3v) is 2.38. The molecular formula is C11H12N4O2. The Bertz CT molecular complexity index is 545. The quantitative estimate of drug-likeness (QED) is 0.820. The van der Waals surface area contributed by atoms with Crippen molar-refractivity contribution in [3.05, 3.63) is 41.3 Å². The van der Waals surface area contributed by atoms with E-state index in [1.54, 1.807) is 16.8 Å². The average molecular weight is 232 g/mol. The molecule has 0 unspecified atom stereocenters. The summed E-state index contributed by atoms with van der Waals surface area (Å²) in [5.41, 5.74) is 7.43. The van der Waals surface area contributed by atoms with Gasteiger partial charge < -0.3 is 10.8 Å². The maximum atomic E-state index is 10.6. The smallest absolute Gasteiger partial charge is 0.354 e. The summed E-state index contributed by atoms with van der Waals surface area (Å²) in [6.45, 7) is 2.43. The van der Waals surface area contributed by atoms with E-state index in [1.165, 1.54) is 12.3 Å². The molecule has 88 valence electrons. The summed E-state index contributed by atoms with van der Waals surface area (Å²) in [7, 11) is 0. The lowest BCUT2D eigenvalue weighted by molar-refractivity contribution is 0.0690. The van der Waals surface area contributed by atoms with Gasteiger partial charge >= 0.3 is 5.97 Å². The van der Waals surface area contributed by atoms with Gasteiger partial charge in [-0.05, 0) is 18.6 Å². The summed E-state index contributed by atoms with van der Waals surface area (Å²) >= 11 is 0. The van der Waals surface area contributed by atoms with Crippen LogP contribution in [0.5, 0.6) is 0 Å². The van der Waals surface area contributed by atoms with Gasteiger partial charge in [-0.25, -0.2) is 9.78 Å². The second kappa shape index (κ2) is 4.25. The van der Waals surface area contributed by atoms with Gasteiger partial charge in [0, 0.05) is 18.0 Å². The van der Waals surface area contributed by atoms with E-state index in [2.05, 4.69) is 10.1 Å². The highest BCUT2D eigenvalue weighted by atomic mass is 16.4. The Morgan fingerprint density at radius 3 is 2.76 bits per heavy atom. The fourth-order valence-corrected chi connectivity index (χ4v) is 1.51. The number of aryl methyl sites for hydroxylation is 1. The second-order valence-corrected chi connectivity index (χ2v) is 3.73. The molecule has 17 heavy (non-hydrogen) atoms. The first-order valence-electron chi connectivity index (χ1n) is 5.04. The summed E-state index contributed by atoms with van der Waals surface area (Å²) in [4.78, 5) is 14.5. The highest BCUT2D eigenvalue weighted by Crippen LogP contribution is 2.08. The lowest BCUT2D eigenvalue weighted by atomic mass is 10.2. The van der Waals surface area contributed by atoms with Gasteiger partial charge in [0.25, 0.3) is 0 Å². The molecular weight excluding hydrogens is 220 g/mol. The third-order valence-electron chi connectivity index (χ3n) is 2.38. The first kappa shape index (κ1) is 11.1. The molecule has 2 aromatic rings. The molecule has 2 rings (SSSR count). The number of carboxylic acids is 1. The lowest BCUT2D eigenvalue weighted by Crippen LogP contribution is -2.06. The van der Waals surface area contributed by atoms with E-state index in [0.717, 1.165) is 11.3 Å². The van der Waals surface area contributed by atoms with Crippen LogP contribution in [-0.2, 0) is 6.54 Å². The van der Waals surface area contributed by atoms with Crippen LogP contribution in [0.2, 0.25) is 0 Å². The Labute approximate surface area is 97.7 Å². The number of nitrogens with two attached hydrogens (primary N) is 1. The minimum absolute atomic E-state index is 0.0328. The molecule has 0 radical (unpaired) electrons. The maximum Gasteiger partial charge on any atom is 0.354 e. The molecule has 6 nitrogen and oxygen atoms in total. The highest BCUT2D eigenvalue weighted by molar-refractivity contribution is 5.85. The first-order valence-corrected chi connectivity index (χ1v) is 5.04. The van der Waals surface area contributed by atoms with Crippen LogP contribution in [0.25, 0.3) is 0 Å². The lowest BCUT2D eigenvalue weighted by Gasteiger charge is -2.04. The Morgan fingerprint density at radius 1 is 1.53 bits per heavy atom. The van der Waals surface area contributed by atoms with Gasteiger partial charge in [0.1, 0.15) is 11.5 Å². The molecule has 0 amide bonds. The number of pyridine rings is 1. The van der Waals surface area contributed by atoms with Gasteiger partial charge in [-0.1, -0.05) is 6.07 Å². The molecule has 2 heterocycles. The van der Waals surface area contributed by atoms with Crippen molar-refractivity contribution < 1.29 is 9.90 Å². The van der Waals surface area contributed by atoms with Gasteiger partial charge in [-0.2, -0.15) is 5.10 Å². The number of hydrogen-bond donors (Lipinski definition) is 2. The summed E-state index contributed by atoms with van der Waals surface area (Å²) in [5.74, 6) is -0.561. The predicted molar refractivity (Wildman–Crippen MR) is 61.7 cm³/mol. The Balaban J connectivity index is 2.19. The molecule has 0 fully saturated rings. The van der Waals surface area contributed by atoms with E-state index in [0.29, 0.717) is 12.4 Å². The molecule has 2 aromatic heterocycles. The molecule has 6 heteroatoms. The summed E-state index contributed by atoms with van der Waals surface area (Å²) < 4.78 is 1.74. The van der Waals surface area contributed by atoms with Crippen molar-refractivity contribution in [1.82, 2.24) is 14.8 Å². The molecule has 0 saturated carbocycles. The normalized spacial score (nSPS) is 10.4. The minimum Gasteiger partial charge on any atom is -0.477 e. The van der Waals surface area contributed by atoms with Crippen LogP contribution in [0, 0.1) is 6.92 Å². The zero-order valence-corrected chi connectivity index (χ0v) is 9.29. The van der Waals surface area contributed by atoms with Crippen LogP contribution in [0.1, 0.15) is 21.7 Å².